The first-order valence-electron chi connectivity index (χ1n) is 18.8. The van der Waals surface area contributed by atoms with Crippen LogP contribution in [0.1, 0.15) is 79.7 Å². The zero-order chi connectivity index (χ0) is 40.2. The van der Waals surface area contributed by atoms with E-state index < -0.39 is 66.0 Å². The number of methoxy groups -OCH3 is 2. The number of likely N-dealkylation sites (tertiary alicyclic amines) is 1. The molecular formula is C39H64FN5O8. The van der Waals surface area contributed by atoms with E-state index in [1.165, 1.54) is 32.4 Å². The summed E-state index contributed by atoms with van der Waals surface area (Å²) in [5.74, 6) is -4.18. The molecule has 9 atom stereocenters. The van der Waals surface area contributed by atoms with Crippen molar-refractivity contribution in [2.75, 3.05) is 34.9 Å². The molecule has 0 bridgehead atoms. The van der Waals surface area contributed by atoms with E-state index >= 15 is 0 Å². The van der Waals surface area contributed by atoms with Crippen LogP contribution in [0.4, 0.5) is 4.39 Å². The number of hydrogen-bond donors (Lipinski definition) is 4. The standard InChI is InChI=1S/C39H64FN5O8/c1-12-24(6)34(44(9)38(49)33(23(4)5)43-37(48)32(41-8)22(2)3)30(52-10)21-31(46)45-18-14-17-29(45)35(53-11)25(7)36(47)42-28(39(50)51)20-26-15-13-16-27(40)19-26/h13,15-16,19,22-25,28-30,32-35,41H,12,14,17-18,20-21H2,1-11H3,(H,42,47)(H,43,48)(H,50,51)/t24-,25+,28-,29-,30?,32?,33-,34?,35+/m0/s1. The summed E-state index contributed by atoms with van der Waals surface area (Å²) in [5, 5.41) is 18.4. The zero-order valence-corrected chi connectivity index (χ0v) is 33.5. The quantitative estimate of drug-likeness (QED) is 0.148. The third-order valence-electron chi connectivity index (χ3n) is 10.7. The summed E-state index contributed by atoms with van der Waals surface area (Å²) in [6.07, 6.45) is 0.360. The van der Waals surface area contributed by atoms with E-state index in [-0.39, 0.29) is 48.3 Å². The predicted octanol–water partition coefficient (Wildman–Crippen LogP) is 3.24. The molecule has 1 aromatic carbocycles. The number of nitrogens with one attached hydrogen (secondary N) is 3. The molecule has 1 fully saturated rings. The van der Waals surface area contributed by atoms with Gasteiger partial charge in [0.25, 0.3) is 0 Å². The monoisotopic (exact) mass is 749 g/mol. The van der Waals surface area contributed by atoms with Crippen LogP contribution in [0.3, 0.4) is 0 Å². The average molecular weight is 750 g/mol. The van der Waals surface area contributed by atoms with Gasteiger partial charge in [0.2, 0.25) is 23.6 Å². The van der Waals surface area contributed by atoms with Gasteiger partial charge in [-0.2, -0.15) is 0 Å². The Morgan fingerprint density at radius 1 is 0.981 bits per heavy atom. The molecule has 1 heterocycles. The van der Waals surface area contributed by atoms with Crippen molar-refractivity contribution < 1.29 is 42.9 Å². The lowest BCUT2D eigenvalue weighted by Gasteiger charge is -2.41. The van der Waals surface area contributed by atoms with Crippen LogP contribution in [0.2, 0.25) is 0 Å². The maximum Gasteiger partial charge on any atom is 0.326 e. The molecule has 0 spiro atoms. The van der Waals surface area contributed by atoms with E-state index in [1.807, 2.05) is 41.5 Å². The molecule has 4 N–H and O–H groups in total. The van der Waals surface area contributed by atoms with E-state index in [4.69, 9.17) is 9.47 Å². The summed E-state index contributed by atoms with van der Waals surface area (Å²) in [6, 6.07) is 2.02. The molecule has 1 saturated heterocycles. The lowest BCUT2D eigenvalue weighted by atomic mass is 9.89. The van der Waals surface area contributed by atoms with Gasteiger partial charge in [-0.3, -0.25) is 19.2 Å². The normalized spacial score (nSPS) is 19.1. The van der Waals surface area contributed by atoms with Crippen molar-refractivity contribution in [1.82, 2.24) is 25.8 Å². The van der Waals surface area contributed by atoms with Gasteiger partial charge in [0.15, 0.2) is 0 Å². The van der Waals surface area contributed by atoms with E-state index in [0.29, 0.717) is 31.4 Å². The van der Waals surface area contributed by atoms with Gasteiger partial charge in [-0.25, -0.2) is 9.18 Å². The van der Waals surface area contributed by atoms with Gasteiger partial charge < -0.3 is 40.3 Å². The zero-order valence-electron chi connectivity index (χ0n) is 33.5. The number of halogens is 1. The highest BCUT2D eigenvalue weighted by Gasteiger charge is 2.43. The minimum Gasteiger partial charge on any atom is -0.480 e. The number of hydrogen-bond acceptors (Lipinski definition) is 8. The fraction of sp³-hybridized carbons (Fsp3) is 0.718. The second kappa shape index (κ2) is 21.3. The summed E-state index contributed by atoms with van der Waals surface area (Å²) in [7, 11) is 6.37. The van der Waals surface area contributed by atoms with Crippen LogP contribution < -0.4 is 16.0 Å². The first-order valence-corrected chi connectivity index (χ1v) is 18.8. The first-order chi connectivity index (χ1) is 24.9. The van der Waals surface area contributed by atoms with Crippen molar-refractivity contribution in [1.29, 1.82) is 0 Å². The largest absolute Gasteiger partial charge is 0.480 e. The van der Waals surface area contributed by atoms with E-state index in [0.717, 1.165) is 0 Å². The van der Waals surface area contributed by atoms with Gasteiger partial charge in [0.05, 0.1) is 42.7 Å². The van der Waals surface area contributed by atoms with E-state index in [1.54, 1.807) is 36.9 Å². The fourth-order valence-electron chi connectivity index (χ4n) is 7.45. The molecule has 0 radical (unpaired) electrons. The molecule has 1 aliphatic heterocycles. The molecule has 13 nitrogen and oxygen atoms in total. The number of amides is 4. The number of likely N-dealkylation sites (N-methyl/N-ethyl adjacent to an activating group) is 2. The molecule has 300 valence electrons. The Morgan fingerprint density at radius 3 is 2.13 bits per heavy atom. The highest BCUT2D eigenvalue weighted by atomic mass is 19.1. The highest BCUT2D eigenvalue weighted by Crippen LogP contribution is 2.30. The number of carboxylic acids is 1. The second-order valence-corrected chi connectivity index (χ2v) is 15.1. The van der Waals surface area contributed by atoms with E-state index in [9.17, 15) is 33.5 Å². The maximum atomic E-state index is 14.1. The van der Waals surface area contributed by atoms with Gasteiger partial charge in [-0.15, -0.1) is 0 Å². The Labute approximate surface area is 315 Å². The van der Waals surface area contributed by atoms with Crippen LogP contribution in [0.25, 0.3) is 0 Å². The third kappa shape index (κ3) is 12.2. The molecule has 2 rings (SSSR count). The van der Waals surface area contributed by atoms with Gasteiger partial charge >= 0.3 is 5.97 Å². The molecule has 0 aliphatic carbocycles. The minimum atomic E-state index is -1.30. The molecule has 53 heavy (non-hydrogen) atoms. The first kappa shape index (κ1) is 45.5. The molecule has 3 unspecified atom stereocenters. The number of carboxylic acid groups (broad SMARTS) is 1. The van der Waals surface area contributed by atoms with Crippen LogP contribution in [-0.2, 0) is 39.9 Å². The number of carbonyl (C=O) groups excluding carboxylic acids is 4. The van der Waals surface area contributed by atoms with Gasteiger partial charge in [0, 0.05) is 34.2 Å². The lowest BCUT2D eigenvalue weighted by molar-refractivity contribution is -0.148. The molecule has 0 aromatic heterocycles. The Bertz CT molecular complexity index is 1380. The van der Waals surface area contributed by atoms with Crippen LogP contribution >= 0.6 is 0 Å². The van der Waals surface area contributed by atoms with Crippen molar-refractivity contribution in [3.8, 4) is 0 Å². The number of nitrogens with zero attached hydrogens (tertiary/aromatic N) is 2. The van der Waals surface area contributed by atoms with Crippen molar-refractivity contribution >= 4 is 29.6 Å². The van der Waals surface area contributed by atoms with Crippen LogP contribution in [0.15, 0.2) is 24.3 Å². The molecular weight excluding hydrogens is 685 g/mol. The summed E-state index contributed by atoms with van der Waals surface area (Å²) in [6.45, 7) is 13.7. The van der Waals surface area contributed by atoms with Crippen LogP contribution in [0.5, 0.6) is 0 Å². The Morgan fingerprint density at radius 2 is 1.62 bits per heavy atom. The number of carbonyl (C=O) groups is 5. The number of aliphatic carboxylic acids is 1. The highest BCUT2D eigenvalue weighted by molar-refractivity contribution is 5.90. The summed E-state index contributed by atoms with van der Waals surface area (Å²) in [4.78, 5) is 70.2. The van der Waals surface area contributed by atoms with Crippen molar-refractivity contribution in [2.24, 2.45) is 23.7 Å². The van der Waals surface area contributed by atoms with Gasteiger partial charge in [0.1, 0.15) is 17.9 Å². The fourth-order valence-corrected chi connectivity index (χ4v) is 7.45. The van der Waals surface area contributed by atoms with Gasteiger partial charge in [-0.05, 0) is 55.3 Å². The average Bonchev–Trinajstić information content (AvgIpc) is 3.59. The lowest BCUT2D eigenvalue weighted by Crippen LogP contribution is -2.59. The van der Waals surface area contributed by atoms with E-state index in [2.05, 4.69) is 16.0 Å². The van der Waals surface area contributed by atoms with Crippen molar-refractivity contribution in [3.63, 3.8) is 0 Å². The Hall–Kier alpha value is -3.62. The number of rotatable bonds is 21. The third-order valence-corrected chi connectivity index (χ3v) is 10.7. The summed E-state index contributed by atoms with van der Waals surface area (Å²) < 4.78 is 25.5. The van der Waals surface area contributed by atoms with Crippen LogP contribution in [-0.4, -0.2) is 122 Å². The number of ether oxygens (including phenoxy) is 2. The predicted molar refractivity (Wildman–Crippen MR) is 200 cm³/mol. The van der Waals surface area contributed by atoms with Crippen molar-refractivity contribution in [3.05, 3.63) is 35.6 Å². The molecule has 1 aromatic rings. The maximum absolute atomic E-state index is 14.1. The summed E-state index contributed by atoms with van der Waals surface area (Å²) in [5.41, 5.74) is 0.426. The molecule has 4 amide bonds. The molecule has 1 aliphatic rings. The van der Waals surface area contributed by atoms with Gasteiger partial charge in [-0.1, -0.05) is 67.0 Å². The minimum absolute atomic E-state index is 0.00955. The molecule has 0 saturated carbocycles. The number of benzene rings is 1. The SMILES string of the molecule is CC[C@H](C)C(C(CC(=O)N1CCC[C@H]1[C@H](OC)[C@@H](C)C(=O)N[C@@H](Cc1cccc(F)c1)C(=O)O)OC)N(C)C(=O)[C@@H](NC(=O)C(NC)C(C)C)C(C)C. The summed E-state index contributed by atoms with van der Waals surface area (Å²) >= 11 is 0. The molecule has 14 heteroatoms. The topological polar surface area (TPSA) is 167 Å². The Balaban J connectivity index is 2.27. The second-order valence-electron chi connectivity index (χ2n) is 15.1. The van der Waals surface area contributed by atoms with Crippen molar-refractivity contribution in [2.45, 2.75) is 123 Å². The smallest absolute Gasteiger partial charge is 0.326 e. The Kier molecular flexibility index (Phi) is 18.3. The van der Waals surface area contributed by atoms with Crippen LogP contribution in [0, 0.1) is 29.5 Å².